The SMILES string of the molecule is CN1CCN(C(=O)Cc2ccc(NC(=O)c3ccnc4c3CC(=O)N4)cc2)CC1. The molecule has 2 aliphatic rings. The summed E-state index contributed by atoms with van der Waals surface area (Å²) in [5.74, 6) is 0.114. The number of benzene rings is 1. The quantitative estimate of drug-likeness (QED) is 0.813. The first-order valence-corrected chi connectivity index (χ1v) is 9.64. The average molecular weight is 393 g/mol. The highest BCUT2D eigenvalue weighted by Gasteiger charge is 2.25. The highest BCUT2D eigenvalue weighted by atomic mass is 16.2. The molecule has 2 N–H and O–H groups in total. The van der Waals surface area contributed by atoms with Crippen LogP contribution in [0.2, 0.25) is 0 Å². The summed E-state index contributed by atoms with van der Waals surface area (Å²) in [7, 11) is 2.06. The zero-order valence-electron chi connectivity index (χ0n) is 16.3. The van der Waals surface area contributed by atoms with Gasteiger partial charge in [0.2, 0.25) is 11.8 Å². The molecule has 0 bridgehead atoms. The van der Waals surface area contributed by atoms with Gasteiger partial charge < -0.3 is 20.4 Å². The highest BCUT2D eigenvalue weighted by molar-refractivity contribution is 6.09. The van der Waals surface area contributed by atoms with Crippen LogP contribution < -0.4 is 10.6 Å². The zero-order valence-corrected chi connectivity index (χ0v) is 16.3. The number of nitrogens with zero attached hydrogens (tertiary/aromatic N) is 3. The van der Waals surface area contributed by atoms with E-state index >= 15 is 0 Å². The first-order chi connectivity index (χ1) is 14.0. The molecule has 8 nitrogen and oxygen atoms in total. The second-order valence-electron chi connectivity index (χ2n) is 7.42. The van der Waals surface area contributed by atoms with Crippen LogP contribution in [0.3, 0.4) is 0 Å². The van der Waals surface area contributed by atoms with E-state index in [4.69, 9.17) is 0 Å². The van der Waals surface area contributed by atoms with E-state index in [1.54, 1.807) is 18.2 Å². The second kappa shape index (κ2) is 8.00. The Morgan fingerprint density at radius 1 is 1.10 bits per heavy atom. The summed E-state index contributed by atoms with van der Waals surface area (Å²) < 4.78 is 0. The number of hydrogen-bond acceptors (Lipinski definition) is 5. The van der Waals surface area contributed by atoms with Gasteiger partial charge in [-0.05, 0) is 30.8 Å². The van der Waals surface area contributed by atoms with Gasteiger partial charge >= 0.3 is 0 Å². The Morgan fingerprint density at radius 3 is 2.55 bits per heavy atom. The second-order valence-corrected chi connectivity index (χ2v) is 7.42. The third-order valence-electron chi connectivity index (χ3n) is 5.32. The van der Waals surface area contributed by atoms with Crippen LogP contribution in [0.1, 0.15) is 21.5 Å². The Labute approximate surface area is 168 Å². The van der Waals surface area contributed by atoms with Crippen molar-refractivity contribution in [2.45, 2.75) is 12.8 Å². The Hall–Kier alpha value is -3.26. The van der Waals surface area contributed by atoms with Gasteiger partial charge in [-0.15, -0.1) is 0 Å². The number of rotatable bonds is 4. The van der Waals surface area contributed by atoms with Crippen molar-refractivity contribution < 1.29 is 14.4 Å². The van der Waals surface area contributed by atoms with E-state index in [0.717, 1.165) is 31.7 Å². The molecule has 0 radical (unpaired) electrons. The number of likely N-dealkylation sites (N-methyl/N-ethyl adjacent to an activating group) is 1. The fourth-order valence-electron chi connectivity index (χ4n) is 3.58. The van der Waals surface area contributed by atoms with Gasteiger partial charge in [0.15, 0.2) is 0 Å². The molecule has 1 aromatic heterocycles. The van der Waals surface area contributed by atoms with Crippen molar-refractivity contribution in [1.82, 2.24) is 14.8 Å². The van der Waals surface area contributed by atoms with Crippen molar-refractivity contribution in [2.24, 2.45) is 0 Å². The van der Waals surface area contributed by atoms with Crippen LogP contribution in [0.5, 0.6) is 0 Å². The summed E-state index contributed by atoms with van der Waals surface area (Å²) in [6.07, 6.45) is 2.01. The number of amides is 3. The van der Waals surface area contributed by atoms with E-state index in [1.807, 2.05) is 17.0 Å². The Morgan fingerprint density at radius 2 is 1.83 bits per heavy atom. The monoisotopic (exact) mass is 393 g/mol. The molecule has 0 atom stereocenters. The van der Waals surface area contributed by atoms with E-state index < -0.39 is 0 Å². The van der Waals surface area contributed by atoms with Gasteiger partial charge in [-0.1, -0.05) is 12.1 Å². The molecule has 150 valence electrons. The molecule has 3 amide bonds. The predicted molar refractivity (Wildman–Crippen MR) is 109 cm³/mol. The summed E-state index contributed by atoms with van der Waals surface area (Å²) in [4.78, 5) is 44.9. The molecule has 8 heteroatoms. The highest BCUT2D eigenvalue weighted by Crippen LogP contribution is 2.24. The van der Waals surface area contributed by atoms with Crippen molar-refractivity contribution in [1.29, 1.82) is 0 Å². The molecular weight excluding hydrogens is 370 g/mol. The number of nitrogens with one attached hydrogen (secondary N) is 2. The summed E-state index contributed by atoms with van der Waals surface area (Å²) in [6.45, 7) is 3.32. The number of hydrogen-bond donors (Lipinski definition) is 2. The number of piperazine rings is 1. The van der Waals surface area contributed by atoms with Crippen LogP contribution in [0.4, 0.5) is 11.5 Å². The maximum atomic E-state index is 12.6. The first-order valence-electron chi connectivity index (χ1n) is 9.64. The van der Waals surface area contributed by atoms with Crippen molar-refractivity contribution in [3.8, 4) is 0 Å². The van der Waals surface area contributed by atoms with E-state index in [2.05, 4.69) is 27.6 Å². The van der Waals surface area contributed by atoms with E-state index in [-0.39, 0.29) is 24.1 Å². The van der Waals surface area contributed by atoms with Crippen LogP contribution in [0, 0.1) is 0 Å². The number of fused-ring (bicyclic) bond motifs is 1. The number of aromatic nitrogens is 1. The molecule has 0 saturated carbocycles. The minimum atomic E-state index is -0.290. The summed E-state index contributed by atoms with van der Waals surface area (Å²) in [5, 5.41) is 5.49. The largest absolute Gasteiger partial charge is 0.340 e. The van der Waals surface area contributed by atoms with Crippen LogP contribution in [-0.2, 0) is 22.4 Å². The van der Waals surface area contributed by atoms with Crippen LogP contribution in [0.25, 0.3) is 0 Å². The molecule has 29 heavy (non-hydrogen) atoms. The van der Waals surface area contributed by atoms with Gasteiger partial charge in [0.25, 0.3) is 5.91 Å². The summed E-state index contributed by atoms with van der Waals surface area (Å²) in [6, 6.07) is 8.89. The smallest absolute Gasteiger partial charge is 0.256 e. The maximum Gasteiger partial charge on any atom is 0.256 e. The van der Waals surface area contributed by atoms with Crippen molar-refractivity contribution in [3.63, 3.8) is 0 Å². The van der Waals surface area contributed by atoms with Crippen molar-refractivity contribution in [3.05, 3.63) is 53.2 Å². The number of carbonyl (C=O) groups is 3. The van der Waals surface area contributed by atoms with E-state index in [0.29, 0.717) is 29.1 Å². The van der Waals surface area contributed by atoms with Crippen molar-refractivity contribution >= 4 is 29.2 Å². The minimum Gasteiger partial charge on any atom is -0.340 e. The van der Waals surface area contributed by atoms with Gasteiger partial charge in [-0.25, -0.2) is 4.98 Å². The topological polar surface area (TPSA) is 94.6 Å². The van der Waals surface area contributed by atoms with Crippen LogP contribution in [-0.4, -0.2) is 65.7 Å². The maximum absolute atomic E-state index is 12.6. The van der Waals surface area contributed by atoms with Crippen LogP contribution >= 0.6 is 0 Å². The molecular formula is C21H23N5O3. The van der Waals surface area contributed by atoms with E-state index in [1.165, 1.54) is 6.20 Å². The van der Waals surface area contributed by atoms with E-state index in [9.17, 15) is 14.4 Å². The van der Waals surface area contributed by atoms with Crippen LogP contribution in [0.15, 0.2) is 36.5 Å². The van der Waals surface area contributed by atoms with Gasteiger partial charge in [-0.3, -0.25) is 14.4 Å². The fraction of sp³-hybridized carbons (Fsp3) is 0.333. The Kier molecular flexibility index (Phi) is 5.26. The lowest BCUT2D eigenvalue weighted by molar-refractivity contribution is -0.132. The number of anilines is 2. The fourth-order valence-corrected chi connectivity index (χ4v) is 3.58. The predicted octanol–water partition coefficient (Wildman–Crippen LogP) is 1.14. The molecule has 1 fully saturated rings. The Balaban J connectivity index is 1.38. The summed E-state index contributed by atoms with van der Waals surface area (Å²) >= 11 is 0. The molecule has 1 aromatic carbocycles. The van der Waals surface area contributed by atoms with Gasteiger partial charge in [0, 0.05) is 49.2 Å². The normalized spacial score (nSPS) is 16.3. The minimum absolute atomic E-state index is 0.124. The Bertz CT molecular complexity index is 949. The van der Waals surface area contributed by atoms with Crippen molar-refractivity contribution in [2.75, 3.05) is 43.9 Å². The third kappa shape index (κ3) is 4.27. The number of carbonyl (C=O) groups excluding carboxylic acids is 3. The summed E-state index contributed by atoms with van der Waals surface area (Å²) in [5.41, 5.74) is 2.59. The van der Waals surface area contributed by atoms with Gasteiger partial charge in [0.05, 0.1) is 12.8 Å². The molecule has 1 saturated heterocycles. The van der Waals surface area contributed by atoms with Gasteiger partial charge in [0.1, 0.15) is 5.82 Å². The molecule has 2 aliphatic heterocycles. The van der Waals surface area contributed by atoms with Gasteiger partial charge in [-0.2, -0.15) is 0 Å². The molecule has 4 rings (SSSR count). The molecule has 0 spiro atoms. The standard InChI is InChI=1S/C21H23N5O3/c1-25-8-10-26(11-9-25)19(28)12-14-2-4-15(5-3-14)23-21(29)16-6-7-22-20-17(16)13-18(27)24-20/h2-7H,8-13H2,1H3,(H,23,29)(H,22,24,27). The molecule has 2 aromatic rings. The zero-order chi connectivity index (χ0) is 20.4. The molecule has 0 aliphatic carbocycles. The third-order valence-corrected chi connectivity index (χ3v) is 5.32. The lowest BCUT2D eigenvalue weighted by Gasteiger charge is -2.32. The number of pyridine rings is 1. The lowest BCUT2D eigenvalue weighted by atomic mass is 10.1. The molecule has 0 unspecified atom stereocenters. The average Bonchev–Trinajstić information content (AvgIpc) is 3.10. The molecule has 3 heterocycles. The first kappa shape index (κ1) is 19.1. The lowest BCUT2D eigenvalue weighted by Crippen LogP contribution is -2.47.